The van der Waals surface area contributed by atoms with Crippen LogP contribution in [0.5, 0.6) is 0 Å². The van der Waals surface area contributed by atoms with Crippen molar-refractivity contribution in [1.82, 2.24) is 14.2 Å². The normalized spacial score (nSPS) is 20.8. The number of ether oxygens (including phenoxy) is 1. The maximum Gasteiger partial charge on any atom is 0.224 e. The van der Waals surface area contributed by atoms with Crippen molar-refractivity contribution in [3.05, 3.63) is 54.4 Å². The predicted molar refractivity (Wildman–Crippen MR) is 108 cm³/mol. The number of benzene rings is 1. The molecule has 0 aliphatic carbocycles. The Kier molecular flexibility index (Phi) is 6.53. The number of hydrogen-bond donors (Lipinski definition) is 1. The second kappa shape index (κ2) is 8.89. The first-order valence-electron chi connectivity index (χ1n) is 9.46. The Morgan fingerprint density at radius 1 is 1.11 bits per heavy atom. The molecule has 0 spiro atoms. The summed E-state index contributed by atoms with van der Waals surface area (Å²) in [5.41, 5.74) is 1.90. The summed E-state index contributed by atoms with van der Waals surface area (Å²) < 4.78 is 34.0. The number of nitrogens with zero attached hydrogens (tertiary/aromatic N) is 2. The average molecular weight is 406 g/mol. The SMILES string of the molecule is C[C@H]1CN(S(=O)(=O)CCNC(=O)Cc2ccc(-n3cccc3)cc2)C[C@H](C)O1. The highest BCUT2D eigenvalue weighted by Gasteiger charge is 2.30. The number of sulfonamides is 1. The van der Waals surface area contributed by atoms with Crippen molar-refractivity contribution < 1.29 is 17.9 Å². The molecule has 0 saturated carbocycles. The molecule has 3 rings (SSSR count). The van der Waals surface area contributed by atoms with E-state index in [4.69, 9.17) is 4.74 Å². The molecule has 1 saturated heterocycles. The molecule has 2 atom stereocenters. The number of nitrogens with one attached hydrogen (secondary N) is 1. The zero-order valence-electron chi connectivity index (χ0n) is 16.2. The predicted octanol–water partition coefficient (Wildman–Crippen LogP) is 1.58. The Morgan fingerprint density at radius 2 is 1.71 bits per heavy atom. The van der Waals surface area contributed by atoms with Gasteiger partial charge in [-0.25, -0.2) is 8.42 Å². The van der Waals surface area contributed by atoms with Crippen molar-refractivity contribution in [2.45, 2.75) is 32.5 Å². The van der Waals surface area contributed by atoms with Crippen LogP contribution in [0.1, 0.15) is 19.4 Å². The fourth-order valence-electron chi connectivity index (χ4n) is 3.35. The summed E-state index contributed by atoms with van der Waals surface area (Å²) in [6.45, 7) is 4.54. The Hall–Kier alpha value is -2.16. The third-order valence-corrected chi connectivity index (χ3v) is 6.47. The molecule has 1 N–H and O–H groups in total. The molecule has 8 heteroatoms. The van der Waals surface area contributed by atoms with E-state index in [1.165, 1.54) is 4.31 Å². The lowest BCUT2D eigenvalue weighted by Gasteiger charge is -2.34. The highest BCUT2D eigenvalue weighted by Crippen LogP contribution is 2.14. The van der Waals surface area contributed by atoms with Gasteiger partial charge in [-0.1, -0.05) is 12.1 Å². The van der Waals surface area contributed by atoms with Crippen molar-refractivity contribution in [3.8, 4) is 5.69 Å². The van der Waals surface area contributed by atoms with Gasteiger partial charge in [0.2, 0.25) is 15.9 Å². The first-order valence-corrected chi connectivity index (χ1v) is 11.1. The number of hydrogen-bond acceptors (Lipinski definition) is 4. The lowest BCUT2D eigenvalue weighted by Crippen LogP contribution is -2.49. The average Bonchev–Trinajstić information content (AvgIpc) is 3.16. The maximum atomic E-state index is 12.5. The van der Waals surface area contributed by atoms with Crippen LogP contribution in [0.3, 0.4) is 0 Å². The van der Waals surface area contributed by atoms with Gasteiger partial charge in [-0.2, -0.15) is 4.31 Å². The van der Waals surface area contributed by atoms with Crippen molar-refractivity contribution in [2.75, 3.05) is 25.4 Å². The number of aromatic nitrogens is 1. The van der Waals surface area contributed by atoms with Crippen LogP contribution in [0.2, 0.25) is 0 Å². The van der Waals surface area contributed by atoms with Crippen molar-refractivity contribution in [1.29, 1.82) is 0 Å². The molecule has 1 aromatic carbocycles. The molecule has 1 fully saturated rings. The number of rotatable bonds is 7. The number of carbonyl (C=O) groups excluding carboxylic acids is 1. The molecule has 2 heterocycles. The summed E-state index contributed by atoms with van der Waals surface area (Å²) in [6.07, 6.45) is 3.89. The van der Waals surface area contributed by atoms with E-state index in [-0.39, 0.29) is 36.8 Å². The van der Waals surface area contributed by atoms with E-state index < -0.39 is 10.0 Å². The van der Waals surface area contributed by atoms with Gasteiger partial charge >= 0.3 is 0 Å². The smallest absolute Gasteiger partial charge is 0.224 e. The second-order valence-corrected chi connectivity index (χ2v) is 9.26. The Bertz CT molecular complexity index is 869. The molecule has 0 radical (unpaired) electrons. The molecular formula is C20H27N3O4S. The summed E-state index contributed by atoms with van der Waals surface area (Å²) in [5, 5.41) is 2.71. The van der Waals surface area contributed by atoms with E-state index in [2.05, 4.69) is 5.32 Å². The Labute approximate surface area is 166 Å². The third kappa shape index (κ3) is 5.43. The van der Waals surface area contributed by atoms with Gasteiger partial charge in [-0.15, -0.1) is 0 Å². The lowest BCUT2D eigenvalue weighted by atomic mass is 10.1. The van der Waals surface area contributed by atoms with E-state index in [0.29, 0.717) is 13.1 Å². The molecule has 152 valence electrons. The minimum absolute atomic E-state index is 0.0999. The summed E-state index contributed by atoms with van der Waals surface area (Å²) >= 11 is 0. The number of amides is 1. The lowest BCUT2D eigenvalue weighted by molar-refractivity contribution is -0.120. The number of carbonyl (C=O) groups is 1. The largest absolute Gasteiger partial charge is 0.373 e. The second-order valence-electron chi connectivity index (χ2n) is 7.17. The first kappa shape index (κ1) is 20.6. The van der Waals surface area contributed by atoms with Crippen LogP contribution in [-0.2, 0) is 26.0 Å². The zero-order chi connectivity index (χ0) is 20.1. The fourth-order valence-corrected chi connectivity index (χ4v) is 4.84. The summed E-state index contributed by atoms with van der Waals surface area (Å²) in [5.74, 6) is -0.294. The molecule has 0 bridgehead atoms. The van der Waals surface area contributed by atoms with Crippen LogP contribution in [0, 0.1) is 0 Å². The summed E-state index contributed by atoms with van der Waals surface area (Å²) in [7, 11) is -3.41. The summed E-state index contributed by atoms with van der Waals surface area (Å²) in [6, 6.07) is 11.6. The standard InChI is InChI=1S/C20H27N3O4S/c1-16-14-23(15-17(2)27-16)28(25,26)12-9-21-20(24)13-18-5-7-19(8-6-18)22-10-3-4-11-22/h3-8,10-11,16-17H,9,12-15H2,1-2H3,(H,21,24)/t16-,17-/m0/s1. The molecule has 2 aromatic rings. The van der Waals surface area contributed by atoms with Gasteiger partial charge < -0.3 is 14.6 Å². The first-order chi connectivity index (χ1) is 13.3. The van der Waals surface area contributed by atoms with Gasteiger partial charge in [0, 0.05) is 37.7 Å². The zero-order valence-corrected chi connectivity index (χ0v) is 17.1. The quantitative estimate of drug-likeness (QED) is 0.758. The molecule has 1 amide bonds. The van der Waals surface area contributed by atoms with Gasteiger partial charge in [0.1, 0.15) is 0 Å². The highest BCUT2D eigenvalue weighted by atomic mass is 32.2. The van der Waals surface area contributed by atoms with Crippen LogP contribution < -0.4 is 5.32 Å². The molecule has 1 aliphatic rings. The van der Waals surface area contributed by atoms with Crippen LogP contribution >= 0.6 is 0 Å². The van der Waals surface area contributed by atoms with Gasteiger partial charge in [-0.3, -0.25) is 4.79 Å². The minimum Gasteiger partial charge on any atom is -0.373 e. The minimum atomic E-state index is -3.41. The monoisotopic (exact) mass is 405 g/mol. The Balaban J connectivity index is 1.46. The van der Waals surface area contributed by atoms with E-state index in [0.717, 1.165) is 11.3 Å². The van der Waals surface area contributed by atoms with Gasteiger partial charge in [-0.05, 0) is 43.7 Å². The van der Waals surface area contributed by atoms with Crippen molar-refractivity contribution in [3.63, 3.8) is 0 Å². The van der Waals surface area contributed by atoms with Crippen LogP contribution in [0.25, 0.3) is 5.69 Å². The summed E-state index contributed by atoms with van der Waals surface area (Å²) in [4.78, 5) is 12.1. The van der Waals surface area contributed by atoms with Gasteiger partial charge in [0.15, 0.2) is 0 Å². The molecule has 7 nitrogen and oxygen atoms in total. The Morgan fingerprint density at radius 3 is 2.32 bits per heavy atom. The molecule has 0 unspecified atom stereocenters. The van der Waals surface area contributed by atoms with Crippen LogP contribution in [0.4, 0.5) is 0 Å². The van der Waals surface area contributed by atoms with Gasteiger partial charge in [0.05, 0.1) is 24.4 Å². The molecular weight excluding hydrogens is 378 g/mol. The number of morpholine rings is 1. The van der Waals surface area contributed by atoms with E-state index >= 15 is 0 Å². The van der Waals surface area contributed by atoms with Crippen molar-refractivity contribution in [2.24, 2.45) is 0 Å². The van der Waals surface area contributed by atoms with Crippen LogP contribution in [0.15, 0.2) is 48.8 Å². The maximum absolute atomic E-state index is 12.5. The highest BCUT2D eigenvalue weighted by molar-refractivity contribution is 7.89. The van der Waals surface area contributed by atoms with E-state index in [9.17, 15) is 13.2 Å². The molecule has 1 aromatic heterocycles. The topological polar surface area (TPSA) is 80.6 Å². The van der Waals surface area contributed by atoms with Crippen molar-refractivity contribution >= 4 is 15.9 Å². The van der Waals surface area contributed by atoms with E-state index in [1.807, 2.05) is 67.2 Å². The third-order valence-electron chi connectivity index (χ3n) is 4.67. The van der Waals surface area contributed by atoms with Crippen LogP contribution in [-0.4, -0.2) is 60.8 Å². The fraction of sp³-hybridized carbons (Fsp3) is 0.450. The molecule has 1 aliphatic heterocycles. The molecule has 28 heavy (non-hydrogen) atoms. The van der Waals surface area contributed by atoms with Gasteiger partial charge in [0.25, 0.3) is 0 Å². The van der Waals surface area contributed by atoms with E-state index in [1.54, 1.807) is 0 Å².